The van der Waals surface area contributed by atoms with Gasteiger partial charge in [0.25, 0.3) is 0 Å². The number of rotatable bonds is 4. The second-order valence-corrected chi connectivity index (χ2v) is 10.6. The molecule has 0 unspecified atom stereocenters. The number of piperazine rings is 1. The van der Waals surface area contributed by atoms with Gasteiger partial charge < -0.3 is 9.80 Å². The van der Waals surface area contributed by atoms with Crippen LogP contribution in [0.1, 0.15) is 62.1 Å². The van der Waals surface area contributed by atoms with Crippen LogP contribution in [0.25, 0.3) is 5.65 Å². The van der Waals surface area contributed by atoms with Crippen LogP contribution in [0.4, 0.5) is 5.82 Å². The Morgan fingerprint density at radius 2 is 1.70 bits per heavy atom. The molecule has 2 aliphatic rings. The molecule has 3 aromatic heterocycles. The molecule has 5 rings (SSSR count). The number of aryl methyl sites for hydroxylation is 1. The Kier molecular flexibility index (Phi) is 6.47. The summed E-state index contributed by atoms with van der Waals surface area (Å²) in [5.41, 5.74) is 4.67. The van der Waals surface area contributed by atoms with Crippen LogP contribution >= 0.6 is 15.9 Å². The Labute approximate surface area is 205 Å². The Morgan fingerprint density at radius 1 is 0.970 bits per heavy atom. The van der Waals surface area contributed by atoms with Gasteiger partial charge in [-0.05, 0) is 86.8 Å². The Morgan fingerprint density at radius 3 is 2.39 bits per heavy atom. The van der Waals surface area contributed by atoms with Crippen molar-refractivity contribution in [1.29, 1.82) is 0 Å². The molecule has 0 saturated carbocycles. The number of halogens is 1. The number of piperidine rings is 1. The minimum atomic E-state index is 0.264. The molecule has 0 radical (unpaired) electrons. The highest BCUT2D eigenvalue weighted by Crippen LogP contribution is 2.45. The molecule has 2 aliphatic heterocycles. The van der Waals surface area contributed by atoms with E-state index in [2.05, 4.69) is 87.1 Å². The molecule has 3 aromatic rings. The topological polar surface area (TPSA) is 39.9 Å². The number of likely N-dealkylation sites (tertiary alicyclic amines) is 1. The van der Waals surface area contributed by atoms with Crippen LogP contribution in [0.15, 0.2) is 41.1 Å². The molecule has 7 heteroatoms. The monoisotopic (exact) mass is 510 g/mol. The minimum absolute atomic E-state index is 0.264. The molecule has 2 saturated heterocycles. The number of pyridine rings is 2. The molecule has 176 valence electrons. The van der Waals surface area contributed by atoms with Gasteiger partial charge in [0, 0.05) is 38.4 Å². The second-order valence-electron chi connectivity index (χ2n) is 9.86. The molecule has 2 atom stereocenters. The Hall–Kier alpha value is -1.96. The largest absolute Gasteiger partial charge is 0.355 e. The summed E-state index contributed by atoms with van der Waals surface area (Å²) in [6.45, 7) is 11.1. The molecular formula is C26H35BrN6. The van der Waals surface area contributed by atoms with Gasteiger partial charge in [0.2, 0.25) is 0 Å². The van der Waals surface area contributed by atoms with E-state index < -0.39 is 0 Å². The zero-order chi connectivity index (χ0) is 23.1. The van der Waals surface area contributed by atoms with Gasteiger partial charge >= 0.3 is 0 Å². The number of imidazole rings is 1. The molecule has 6 nitrogen and oxygen atoms in total. The summed E-state index contributed by atoms with van der Waals surface area (Å²) < 4.78 is 3.41. The molecule has 5 heterocycles. The fourth-order valence-electron chi connectivity index (χ4n) is 5.70. The summed E-state index contributed by atoms with van der Waals surface area (Å²) in [4.78, 5) is 17.6. The van der Waals surface area contributed by atoms with Gasteiger partial charge in [-0.1, -0.05) is 12.1 Å². The van der Waals surface area contributed by atoms with Crippen LogP contribution in [0.3, 0.4) is 0 Å². The first-order chi connectivity index (χ1) is 16.0. The minimum Gasteiger partial charge on any atom is -0.355 e. The summed E-state index contributed by atoms with van der Waals surface area (Å²) in [7, 11) is 2.20. The van der Waals surface area contributed by atoms with Crippen LogP contribution in [-0.4, -0.2) is 63.4 Å². The number of fused-ring (bicyclic) bond motifs is 1. The highest BCUT2D eigenvalue weighted by atomic mass is 79.9. The van der Waals surface area contributed by atoms with Gasteiger partial charge in [0.05, 0.1) is 23.5 Å². The molecular weight excluding hydrogens is 476 g/mol. The number of likely N-dealkylation sites (N-methyl/N-ethyl adjacent to an activating group) is 1. The highest BCUT2D eigenvalue weighted by Gasteiger charge is 2.38. The van der Waals surface area contributed by atoms with Gasteiger partial charge in [0.15, 0.2) is 0 Å². The van der Waals surface area contributed by atoms with Crippen LogP contribution < -0.4 is 4.90 Å². The predicted octanol–water partition coefficient (Wildman–Crippen LogP) is 5.23. The fourth-order valence-corrected chi connectivity index (χ4v) is 6.41. The molecule has 33 heavy (non-hydrogen) atoms. The van der Waals surface area contributed by atoms with Crippen molar-refractivity contribution in [1.82, 2.24) is 24.2 Å². The summed E-state index contributed by atoms with van der Waals surface area (Å²) >= 11 is 4.01. The van der Waals surface area contributed by atoms with Crippen molar-refractivity contribution >= 4 is 27.4 Å². The number of nitrogens with zero attached hydrogens (tertiary/aromatic N) is 6. The number of hydrogen-bond donors (Lipinski definition) is 0. The first-order valence-corrected chi connectivity index (χ1v) is 13.0. The van der Waals surface area contributed by atoms with Crippen molar-refractivity contribution in [3.05, 3.63) is 58.1 Å². The summed E-state index contributed by atoms with van der Waals surface area (Å²) in [5, 5.41) is 0. The van der Waals surface area contributed by atoms with E-state index in [-0.39, 0.29) is 6.04 Å². The first kappa shape index (κ1) is 22.8. The zero-order valence-corrected chi connectivity index (χ0v) is 21.8. The summed E-state index contributed by atoms with van der Waals surface area (Å²) in [6, 6.07) is 11.7. The van der Waals surface area contributed by atoms with Crippen LogP contribution in [-0.2, 0) is 0 Å². The third kappa shape index (κ3) is 4.19. The number of aromatic nitrogens is 3. The lowest BCUT2D eigenvalue weighted by Gasteiger charge is -2.44. The van der Waals surface area contributed by atoms with Crippen LogP contribution in [0.5, 0.6) is 0 Å². The molecule has 0 bridgehead atoms. The van der Waals surface area contributed by atoms with Gasteiger partial charge in [0.1, 0.15) is 16.1 Å². The van der Waals surface area contributed by atoms with E-state index in [4.69, 9.17) is 9.97 Å². The lowest BCUT2D eigenvalue weighted by atomic mass is 9.89. The van der Waals surface area contributed by atoms with E-state index in [1.807, 2.05) is 12.3 Å². The average molecular weight is 512 g/mol. The maximum atomic E-state index is 5.21. The molecule has 2 fully saturated rings. The zero-order valence-electron chi connectivity index (χ0n) is 20.2. The van der Waals surface area contributed by atoms with E-state index >= 15 is 0 Å². The molecule has 0 aliphatic carbocycles. The Balaban J connectivity index is 1.56. The predicted molar refractivity (Wildman–Crippen MR) is 138 cm³/mol. The molecule has 0 spiro atoms. The van der Waals surface area contributed by atoms with E-state index in [0.717, 1.165) is 55.0 Å². The smallest absolute Gasteiger partial charge is 0.139 e. The van der Waals surface area contributed by atoms with E-state index in [0.29, 0.717) is 12.1 Å². The Bertz CT molecular complexity index is 1120. The van der Waals surface area contributed by atoms with Gasteiger partial charge in [-0.3, -0.25) is 14.3 Å². The fraction of sp³-hybridized carbons (Fsp3) is 0.538. The molecule has 0 N–H and O–H groups in total. The average Bonchev–Trinajstić information content (AvgIpc) is 3.16. The van der Waals surface area contributed by atoms with E-state index in [1.54, 1.807) is 0 Å². The highest BCUT2D eigenvalue weighted by molar-refractivity contribution is 9.10. The van der Waals surface area contributed by atoms with Crippen molar-refractivity contribution in [2.45, 2.75) is 58.2 Å². The van der Waals surface area contributed by atoms with Gasteiger partial charge in [-0.15, -0.1) is 0 Å². The van der Waals surface area contributed by atoms with Gasteiger partial charge in [-0.2, -0.15) is 0 Å². The lowest BCUT2D eigenvalue weighted by Crippen LogP contribution is -2.45. The van der Waals surface area contributed by atoms with Crippen molar-refractivity contribution in [2.75, 3.05) is 38.1 Å². The van der Waals surface area contributed by atoms with E-state index in [1.165, 1.54) is 23.5 Å². The molecule has 0 amide bonds. The van der Waals surface area contributed by atoms with Crippen molar-refractivity contribution in [2.24, 2.45) is 0 Å². The van der Waals surface area contributed by atoms with Gasteiger partial charge in [-0.25, -0.2) is 4.98 Å². The number of hydrogen-bond acceptors (Lipinski definition) is 5. The second kappa shape index (κ2) is 9.35. The summed E-state index contributed by atoms with van der Waals surface area (Å²) in [6.07, 6.45) is 5.38. The van der Waals surface area contributed by atoms with E-state index in [9.17, 15) is 0 Å². The quantitative estimate of drug-likeness (QED) is 0.480. The lowest BCUT2D eigenvalue weighted by molar-refractivity contribution is 0.0449. The summed E-state index contributed by atoms with van der Waals surface area (Å²) in [5.74, 6) is 1.23. The maximum absolute atomic E-state index is 5.21. The maximum Gasteiger partial charge on any atom is 0.139 e. The SMILES string of the molecule is Cc1cccnc1[C@@H]1CCC[C@H](c2nc3cccc(N4CCN(C)CC4)n3c2Br)N1C(C)C. The first-order valence-electron chi connectivity index (χ1n) is 12.2. The van der Waals surface area contributed by atoms with Crippen molar-refractivity contribution in [3.8, 4) is 0 Å². The molecule has 0 aromatic carbocycles. The third-order valence-electron chi connectivity index (χ3n) is 7.37. The third-order valence-corrected chi connectivity index (χ3v) is 8.13. The number of anilines is 1. The normalized spacial score (nSPS) is 23.0. The van der Waals surface area contributed by atoms with Crippen molar-refractivity contribution < 1.29 is 0 Å². The van der Waals surface area contributed by atoms with Crippen molar-refractivity contribution in [3.63, 3.8) is 0 Å². The van der Waals surface area contributed by atoms with Crippen LogP contribution in [0.2, 0.25) is 0 Å². The van der Waals surface area contributed by atoms with Crippen LogP contribution in [0, 0.1) is 6.92 Å². The standard InChI is InChI=1S/C26H35BrN6/c1-18(2)32-20(24-19(3)8-7-13-28-24)9-5-10-21(32)25-26(27)33-22(29-25)11-6-12-23(33)31-16-14-30(4)15-17-31/h6-8,11-13,18,20-21H,5,9-10,14-17H2,1-4H3/t20-,21+/m0/s1.